The molecule has 1 radical (unpaired) electrons. The Kier molecular flexibility index (Phi) is 1.46. The van der Waals surface area contributed by atoms with Gasteiger partial charge in [0.15, 0.2) is 0 Å². The second-order valence-electron chi connectivity index (χ2n) is 3.04. The molecule has 1 aliphatic heterocycles. The summed E-state index contributed by atoms with van der Waals surface area (Å²) < 4.78 is 5.26. The van der Waals surface area contributed by atoms with Crippen LogP contribution in [0.5, 0.6) is 0 Å². The molecular weight excluding hydrogens is 112 g/mol. The van der Waals surface area contributed by atoms with Crippen LogP contribution in [-0.4, -0.2) is 13.2 Å². The van der Waals surface area contributed by atoms with Crippen LogP contribution in [0.1, 0.15) is 25.7 Å². The maximum absolute atomic E-state index is 5.26. The highest BCUT2D eigenvalue weighted by Crippen LogP contribution is 2.43. The molecular formula is C8H13O. The molecule has 0 spiro atoms. The van der Waals surface area contributed by atoms with E-state index in [1.165, 1.54) is 25.7 Å². The Morgan fingerprint density at radius 3 is 2.33 bits per heavy atom. The SMILES string of the molecule is C1CC([C]2CC2)CCO1. The molecule has 0 aromatic heterocycles. The summed E-state index contributed by atoms with van der Waals surface area (Å²) in [4.78, 5) is 0. The fraction of sp³-hybridized carbons (Fsp3) is 0.875. The fourth-order valence-electron chi connectivity index (χ4n) is 1.59. The molecule has 0 aromatic rings. The van der Waals surface area contributed by atoms with Crippen molar-refractivity contribution < 1.29 is 4.74 Å². The van der Waals surface area contributed by atoms with Crippen molar-refractivity contribution in [3.63, 3.8) is 0 Å². The standard InChI is InChI=1S/C8H13O/c1-2-7(1)8-3-5-9-6-4-8/h8H,1-6H2. The summed E-state index contributed by atoms with van der Waals surface area (Å²) in [6, 6.07) is 0. The van der Waals surface area contributed by atoms with E-state index in [4.69, 9.17) is 4.74 Å². The summed E-state index contributed by atoms with van der Waals surface area (Å²) >= 11 is 0. The van der Waals surface area contributed by atoms with Gasteiger partial charge in [0.25, 0.3) is 0 Å². The Balaban J connectivity index is 1.80. The maximum atomic E-state index is 5.26. The highest BCUT2D eigenvalue weighted by molar-refractivity contribution is 5.10. The first-order chi connectivity index (χ1) is 4.47. The molecule has 2 fully saturated rings. The van der Waals surface area contributed by atoms with Crippen LogP contribution in [0.3, 0.4) is 0 Å². The fourth-order valence-corrected chi connectivity index (χ4v) is 1.59. The van der Waals surface area contributed by atoms with E-state index in [0.29, 0.717) is 0 Å². The lowest BCUT2D eigenvalue weighted by molar-refractivity contribution is 0.0732. The molecule has 1 heteroatoms. The van der Waals surface area contributed by atoms with Gasteiger partial charge in [-0.25, -0.2) is 0 Å². The van der Waals surface area contributed by atoms with Crippen LogP contribution in [-0.2, 0) is 4.74 Å². The van der Waals surface area contributed by atoms with E-state index in [-0.39, 0.29) is 0 Å². The highest BCUT2D eigenvalue weighted by atomic mass is 16.5. The van der Waals surface area contributed by atoms with Crippen LogP contribution < -0.4 is 0 Å². The van der Waals surface area contributed by atoms with Crippen LogP contribution in [0.4, 0.5) is 0 Å². The average Bonchev–Trinajstić information content (AvgIpc) is 2.71. The van der Waals surface area contributed by atoms with Crippen LogP contribution in [0.15, 0.2) is 0 Å². The molecule has 1 nitrogen and oxygen atoms in total. The zero-order valence-electron chi connectivity index (χ0n) is 5.73. The molecule has 9 heavy (non-hydrogen) atoms. The topological polar surface area (TPSA) is 9.23 Å². The van der Waals surface area contributed by atoms with Gasteiger partial charge in [-0.05, 0) is 37.5 Å². The van der Waals surface area contributed by atoms with Gasteiger partial charge in [-0.1, -0.05) is 0 Å². The molecule has 1 aliphatic carbocycles. The van der Waals surface area contributed by atoms with Crippen molar-refractivity contribution in [1.29, 1.82) is 0 Å². The first-order valence-electron chi connectivity index (χ1n) is 3.89. The number of hydrogen-bond acceptors (Lipinski definition) is 1. The van der Waals surface area contributed by atoms with Crippen molar-refractivity contribution in [2.24, 2.45) is 5.92 Å². The first kappa shape index (κ1) is 5.72. The normalized spacial score (nSPS) is 30.7. The second kappa shape index (κ2) is 2.30. The van der Waals surface area contributed by atoms with Crippen molar-refractivity contribution in [2.45, 2.75) is 25.7 Å². The zero-order chi connectivity index (χ0) is 6.10. The molecule has 1 saturated heterocycles. The van der Waals surface area contributed by atoms with Crippen molar-refractivity contribution in [2.75, 3.05) is 13.2 Å². The first-order valence-corrected chi connectivity index (χ1v) is 3.89. The molecule has 2 rings (SSSR count). The summed E-state index contributed by atoms with van der Waals surface area (Å²) in [5, 5.41) is 0. The Bertz CT molecular complexity index is 90.7. The lowest BCUT2D eigenvalue weighted by Gasteiger charge is -2.20. The minimum absolute atomic E-state index is 0.957. The quantitative estimate of drug-likeness (QED) is 0.519. The molecule has 0 aromatic carbocycles. The van der Waals surface area contributed by atoms with Gasteiger partial charge < -0.3 is 4.74 Å². The lowest BCUT2D eigenvalue weighted by Crippen LogP contribution is -2.16. The van der Waals surface area contributed by atoms with Gasteiger partial charge in [-0.3, -0.25) is 0 Å². The Labute approximate surface area is 56.4 Å². The van der Waals surface area contributed by atoms with E-state index in [2.05, 4.69) is 0 Å². The number of hydrogen-bond donors (Lipinski definition) is 0. The highest BCUT2D eigenvalue weighted by Gasteiger charge is 2.32. The Morgan fingerprint density at radius 2 is 1.78 bits per heavy atom. The summed E-state index contributed by atoms with van der Waals surface area (Å²) in [7, 11) is 0. The minimum Gasteiger partial charge on any atom is -0.381 e. The smallest absolute Gasteiger partial charge is 0.0468 e. The van der Waals surface area contributed by atoms with E-state index >= 15 is 0 Å². The van der Waals surface area contributed by atoms with Crippen LogP contribution in [0.2, 0.25) is 0 Å². The lowest BCUT2D eigenvalue weighted by atomic mass is 9.95. The van der Waals surface area contributed by atoms with E-state index in [1.54, 1.807) is 0 Å². The van der Waals surface area contributed by atoms with Gasteiger partial charge >= 0.3 is 0 Å². The minimum atomic E-state index is 0.957. The Morgan fingerprint density at radius 1 is 1.11 bits per heavy atom. The molecule has 0 N–H and O–H groups in total. The summed E-state index contributed by atoms with van der Waals surface area (Å²) in [6.07, 6.45) is 5.44. The maximum Gasteiger partial charge on any atom is 0.0468 e. The zero-order valence-corrected chi connectivity index (χ0v) is 5.73. The molecule has 0 unspecified atom stereocenters. The molecule has 51 valence electrons. The van der Waals surface area contributed by atoms with Gasteiger partial charge in [0.1, 0.15) is 0 Å². The number of ether oxygens (including phenoxy) is 1. The van der Waals surface area contributed by atoms with Gasteiger partial charge in [0.05, 0.1) is 0 Å². The monoisotopic (exact) mass is 125 g/mol. The van der Waals surface area contributed by atoms with Crippen molar-refractivity contribution in [1.82, 2.24) is 0 Å². The second-order valence-corrected chi connectivity index (χ2v) is 3.04. The largest absolute Gasteiger partial charge is 0.381 e. The molecule has 2 aliphatic rings. The molecule has 1 heterocycles. The number of rotatable bonds is 1. The average molecular weight is 125 g/mol. The van der Waals surface area contributed by atoms with Gasteiger partial charge in [0.2, 0.25) is 0 Å². The van der Waals surface area contributed by atoms with Crippen LogP contribution >= 0.6 is 0 Å². The predicted molar refractivity (Wildman–Crippen MR) is 36.0 cm³/mol. The van der Waals surface area contributed by atoms with E-state index in [0.717, 1.165) is 19.1 Å². The van der Waals surface area contributed by atoms with Crippen LogP contribution in [0, 0.1) is 11.8 Å². The predicted octanol–water partition coefficient (Wildman–Crippen LogP) is 1.78. The van der Waals surface area contributed by atoms with Gasteiger partial charge in [-0.2, -0.15) is 0 Å². The molecule has 0 atom stereocenters. The third kappa shape index (κ3) is 1.26. The molecule has 0 bridgehead atoms. The van der Waals surface area contributed by atoms with E-state index in [1.807, 2.05) is 5.92 Å². The van der Waals surface area contributed by atoms with E-state index < -0.39 is 0 Å². The van der Waals surface area contributed by atoms with Crippen molar-refractivity contribution in [3.8, 4) is 0 Å². The molecule has 1 saturated carbocycles. The summed E-state index contributed by atoms with van der Waals surface area (Å²) in [5.74, 6) is 2.78. The summed E-state index contributed by atoms with van der Waals surface area (Å²) in [6.45, 7) is 2.02. The third-order valence-electron chi connectivity index (χ3n) is 2.34. The van der Waals surface area contributed by atoms with Gasteiger partial charge in [-0.15, -0.1) is 0 Å². The van der Waals surface area contributed by atoms with Crippen LogP contribution in [0.25, 0.3) is 0 Å². The van der Waals surface area contributed by atoms with Gasteiger partial charge in [0, 0.05) is 13.2 Å². The Hall–Kier alpha value is -0.0400. The summed E-state index contributed by atoms with van der Waals surface area (Å²) in [5.41, 5.74) is 0. The van der Waals surface area contributed by atoms with Crippen molar-refractivity contribution >= 4 is 0 Å². The molecule has 0 amide bonds. The van der Waals surface area contributed by atoms with E-state index in [9.17, 15) is 0 Å². The van der Waals surface area contributed by atoms with Crippen molar-refractivity contribution in [3.05, 3.63) is 5.92 Å². The third-order valence-corrected chi connectivity index (χ3v) is 2.34.